The minimum atomic E-state index is -0.420. The Morgan fingerprint density at radius 2 is 2.29 bits per heavy atom. The zero-order valence-corrected chi connectivity index (χ0v) is 12.2. The van der Waals surface area contributed by atoms with Crippen molar-refractivity contribution >= 4 is 11.6 Å². The third-order valence-electron chi connectivity index (χ3n) is 3.32. The fourth-order valence-corrected chi connectivity index (χ4v) is 2.20. The Hall–Kier alpha value is -1.63. The topological polar surface area (TPSA) is 82.8 Å². The Bertz CT molecular complexity index is 467. The van der Waals surface area contributed by atoms with Crippen molar-refractivity contribution in [3.05, 3.63) is 24.3 Å². The molecule has 0 spiro atoms. The molecule has 0 unspecified atom stereocenters. The Morgan fingerprint density at radius 3 is 3.00 bits per heavy atom. The zero-order chi connectivity index (χ0) is 15.1. The van der Waals surface area contributed by atoms with E-state index in [-0.39, 0.29) is 12.0 Å². The van der Waals surface area contributed by atoms with E-state index in [1.807, 2.05) is 18.2 Å². The van der Waals surface area contributed by atoms with Gasteiger partial charge in [-0.15, -0.1) is 0 Å². The lowest BCUT2D eigenvalue weighted by Gasteiger charge is -2.13. The maximum absolute atomic E-state index is 12.1. The highest BCUT2D eigenvalue weighted by molar-refractivity contribution is 5.94. The van der Waals surface area contributed by atoms with Gasteiger partial charge in [0.15, 0.2) is 0 Å². The fraction of sp³-hybridized carbons (Fsp3) is 0.533. The molecule has 2 atom stereocenters. The molecule has 0 aliphatic carbocycles. The molecule has 21 heavy (non-hydrogen) atoms. The van der Waals surface area contributed by atoms with Gasteiger partial charge in [-0.1, -0.05) is 6.07 Å². The van der Waals surface area contributed by atoms with Crippen molar-refractivity contribution < 1.29 is 19.0 Å². The maximum atomic E-state index is 12.1. The monoisotopic (exact) mass is 294 g/mol. The van der Waals surface area contributed by atoms with Crippen LogP contribution in [0.25, 0.3) is 0 Å². The summed E-state index contributed by atoms with van der Waals surface area (Å²) in [6, 6.07) is 7.26. The number of methoxy groups -OCH3 is 1. The van der Waals surface area contributed by atoms with Crippen LogP contribution in [0.3, 0.4) is 0 Å². The number of carbonyl (C=O) groups excluding carboxylic acids is 1. The number of nitrogens with two attached hydrogens (primary N) is 1. The van der Waals surface area contributed by atoms with Gasteiger partial charge >= 0.3 is 0 Å². The molecule has 1 aromatic rings. The van der Waals surface area contributed by atoms with Crippen molar-refractivity contribution in [2.45, 2.75) is 25.0 Å². The molecular formula is C15H22N2O4. The number of anilines is 1. The average Bonchev–Trinajstić information content (AvgIpc) is 2.97. The standard InChI is InChI=1S/C15H22N2O4/c1-19-7-8-20-12-4-2-3-11(9-12)17-15(18)14-6-5-13(10-16)21-14/h2-4,9,13-14H,5-8,10,16H2,1H3,(H,17,18)/t13-,14+/m1/s1. The van der Waals surface area contributed by atoms with E-state index in [0.717, 1.165) is 6.42 Å². The van der Waals surface area contributed by atoms with E-state index in [9.17, 15) is 4.79 Å². The summed E-state index contributed by atoms with van der Waals surface area (Å²) < 4.78 is 16.0. The maximum Gasteiger partial charge on any atom is 0.253 e. The molecule has 6 heteroatoms. The number of nitrogens with one attached hydrogen (secondary N) is 1. The van der Waals surface area contributed by atoms with Crippen LogP contribution in [0.15, 0.2) is 24.3 Å². The van der Waals surface area contributed by atoms with Crippen LogP contribution in [0.5, 0.6) is 5.75 Å². The van der Waals surface area contributed by atoms with E-state index in [4.69, 9.17) is 19.9 Å². The molecule has 3 N–H and O–H groups in total. The summed E-state index contributed by atoms with van der Waals surface area (Å²) in [5.74, 6) is 0.553. The normalized spacial score (nSPS) is 21.2. The summed E-state index contributed by atoms with van der Waals surface area (Å²) in [5.41, 5.74) is 6.23. The first kappa shape index (κ1) is 15.8. The summed E-state index contributed by atoms with van der Waals surface area (Å²) in [6.07, 6.45) is 1.10. The van der Waals surface area contributed by atoms with Crippen LogP contribution in [0.4, 0.5) is 5.69 Å². The molecule has 0 aromatic heterocycles. The van der Waals surface area contributed by atoms with E-state index in [0.29, 0.717) is 37.6 Å². The number of hydrogen-bond acceptors (Lipinski definition) is 5. The van der Waals surface area contributed by atoms with Gasteiger partial charge in [0.2, 0.25) is 0 Å². The molecule has 1 aliphatic heterocycles. The lowest BCUT2D eigenvalue weighted by Crippen LogP contribution is -2.29. The Balaban J connectivity index is 1.87. The minimum absolute atomic E-state index is 0.00976. The Morgan fingerprint density at radius 1 is 1.43 bits per heavy atom. The lowest BCUT2D eigenvalue weighted by atomic mass is 10.2. The molecule has 6 nitrogen and oxygen atoms in total. The predicted octanol–water partition coefficient (Wildman–Crippen LogP) is 1.16. The molecule has 1 saturated heterocycles. The van der Waals surface area contributed by atoms with Crippen molar-refractivity contribution in [2.75, 3.05) is 32.2 Å². The van der Waals surface area contributed by atoms with Gasteiger partial charge in [-0.05, 0) is 25.0 Å². The van der Waals surface area contributed by atoms with Crippen LogP contribution < -0.4 is 15.8 Å². The first-order valence-corrected chi connectivity index (χ1v) is 7.11. The van der Waals surface area contributed by atoms with Crippen molar-refractivity contribution in [3.8, 4) is 5.75 Å². The Kier molecular flexibility index (Phi) is 5.98. The highest BCUT2D eigenvalue weighted by Gasteiger charge is 2.29. The first-order chi connectivity index (χ1) is 10.2. The van der Waals surface area contributed by atoms with E-state index in [1.165, 1.54) is 0 Å². The first-order valence-electron chi connectivity index (χ1n) is 7.11. The number of benzene rings is 1. The molecule has 1 aromatic carbocycles. The second-order valence-electron chi connectivity index (χ2n) is 4.92. The molecule has 1 amide bonds. The van der Waals surface area contributed by atoms with Gasteiger partial charge in [-0.3, -0.25) is 4.79 Å². The highest BCUT2D eigenvalue weighted by Crippen LogP contribution is 2.22. The summed E-state index contributed by atoms with van der Waals surface area (Å²) >= 11 is 0. The molecular weight excluding hydrogens is 272 g/mol. The van der Waals surface area contributed by atoms with Gasteiger partial charge < -0.3 is 25.3 Å². The fourth-order valence-electron chi connectivity index (χ4n) is 2.20. The summed E-state index contributed by atoms with van der Waals surface area (Å²) in [5, 5.41) is 2.84. The van der Waals surface area contributed by atoms with Gasteiger partial charge in [0.25, 0.3) is 5.91 Å². The Labute approximate surface area is 124 Å². The van der Waals surface area contributed by atoms with E-state index < -0.39 is 6.10 Å². The van der Waals surface area contributed by atoms with Crippen LogP contribution in [0.2, 0.25) is 0 Å². The zero-order valence-electron chi connectivity index (χ0n) is 12.2. The van der Waals surface area contributed by atoms with Crippen molar-refractivity contribution in [1.29, 1.82) is 0 Å². The summed E-state index contributed by atoms with van der Waals surface area (Å²) in [4.78, 5) is 12.1. The lowest BCUT2D eigenvalue weighted by molar-refractivity contribution is -0.126. The average molecular weight is 294 g/mol. The largest absolute Gasteiger partial charge is 0.491 e. The number of carbonyl (C=O) groups is 1. The molecule has 0 radical (unpaired) electrons. The molecule has 1 heterocycles. The molecule has 0 bridgehead atoms. The van der Waals surface area contributed by atoms with Gasteiger partial charge in [0.05, 0.1) is 12.7 Å². The highest BCUT2D eigenvalue weighted by atomic mass is 16.5. The predicted molar refractivity (Wildman–Crippen MR) is 79.4 cm³/mol. The third-order valence-corrected chi connectivity index (χ3v) is 3.32. The third kappa shape index (κ3) is 4.70. The van der Waals surface area contributed by atoms with Gasteiger partial charge in [0, 0.05) is 25.4 Å². The van der Waals surface area contributed by atoms with Gasteiger partial charge in [0.1, 0.15) is 18.5 Å². The molecule has 2 rings (SSSR count). The van der Waals surface area contributed by atoms with Crippen molar-refractivity contribution in [1.82, 2.24) is 0 Å². The molecule has 0 saturated carbocycles. The van der Waals surface area contributed by atoms with Gasteiger partial charge in [-0.2, -0.15) is 0 Å². The summed E-state index contributed by atoms with van der Waals surface area (Å²) in [7, 11) is 1.62. The second kappa shape index (κ2) is 7.97. The number of amides is 1. The number of hydrogen-bond donors (Lipinski definition) is 2. The molecule has 116 valence electrons. The van der Waals surface area contributed by atoms with E-state index >= 15 is 0 Å². The molecule has 1 fully saturated rings. The van der Waals surface area contributed by atoms with Crippen LogP contribution in [0.1, 0.15) is 12.8 Å². The SMILES string of the molecule is COCCOc1cccc(NC(=O)[C@@H]2CC[C@H](CN)O2)c1. The van der Waals surface area contributed by atoms with Crippen LogP contribution in [-0.2, 0) is 14.3 Å². The van der Waals surface area contributed by atoms with Gasteiger partial charge in [-0.25, -0.2) is 0 Å². The van der Waals surface area contributed by atoms with Crippen LogP contribution in [-0.4, -0.2) is 45.0 Å². The number of rotatable bonds is 7. The summed E-state index contributed by atoms with van der Waals surface area (Å²) in [6.45, 7) is 1.44. The van der Waals surface area contributed by atoms with Crippen molar-refractivity contribution in [2.24, 2.45) is 5.73 Å². The van der Waals surface area contributed by atoms with Crippen molar-refractivity contribution in [3.63, 3.8) is 0 Å². The van der Waals surface area contributed by atoms with Crippen LogP contribution >= 0.6 is 0 Å². The van der Waals surface area contributed by atoms with E-state index in [2.05, 4.69) is 5.32 Å². The van der Waals surface area contributed by atoms with Crippen LogP contribution in [0, 0.1) is 0 Å². The smallest absolute Gasteiger partial charge is 0.253 e. The number of ether oxygens (including phenoxy) is 3. The quantitative estimate of drug-likeness (QED) is 0.737. The second-order valence-corrected chi connectivity index (χ2v) is 4.92. The van der Waals surface area contributed by atoms with E-state index in [1.54, 1.807) is 13.2 Å². The minimum Gasteiger partial charge on any atom is -0.491 e. The molecule has 1 aliphatic rings.